The van der Waals surface area contributed by atoms with Crippen LogP contribution in [0.15, 0.2) is 0 Å². The van der Waals surface area contributed by atoms with E-state index in [4.69, 9.17) is 4.89 Å². The highest BCUT2D eigenvalue weighted by Gasteiger charge is 1.54. The predicted molar refractivity (Wildman–Crippen MR) is 20.2 cm³/mol. The minimum absolute atomic E-state index is 0.360. The molecule has 0 amide bonds. The summed E-state index contributed by atoms with van der Waals surface area (Å²) >= 11 is 0. The molecule has 0 aromatic rings. The minimum atomic E-state index is -0.360. The summed E-state index contributed by atoms with van der Waals surface area (Å²) in [5, 5.41) is 0. The molecule has 0 heterocycles. The minimum Gasteiger partial charge on any atom is -0.406 e. The first-order chi connectivity index (χ1) is 1.91. The zero-order chi connectivity index (χ0) is 3.41. The molecule has 0 aliphatic carbocycles. The third kappa shape index (κ3) is 2.41. The quantitative estimate of drug-likeness (QED) is 0.323. The summed E-state index contributed by atoms with van der Waals surface area (Å²) in [6.45, 7) is 0. The lowest BCUT2D eigenvalue weighted by molar-refractivity contribution is 0.542. The Morgan fingerprint density at radius 3 is 2.25 bits per heavy atom. The normalized spacial score (nSPS) is 10.2. The van der Waals surface area contributed by atoms with Gasteiger partial charge in [-0.2, -0.15) is 0 Å². The molecule has 0 saturated carbocycles. The van der Waals surface area contributed by atoms with Gasteiger partial charge in [0.05, 0.1) is 0 Å². The van der Waals surface area contributed by atoms with E-state index < -0.39 is 0 Å². The van der Waals surface area contributed by atoms with E-state index >= 15 is 0 Å². The molecule has 4 heavy (non-hydrogen) atoms. The second-order valence-corrected chi connectivity index (χ2v) is 0.886. The van der Waals surface area contributed by atoms with E-state index in [1.807, 2.05) is 0 Å². The molecule has 0 radical (unpaired) electrons. The maximum Gasteiger partial charge on any atom is 0.265 e. The SMILES string of the molecule is BOPO. The Labute approximate surface area is 27.6 Å². The third-order valence-electron chi connectivity index (χ3n) is 0.0913. The number of rotatable bonds is 1. The monoisotopic (exact) mass is 78.0 g/mol. The first-order valence-corrected chi connectivity index (χ1v) is 1.69. The van der Waals surface area contributed by atoms with Crippen molar-refractivity contribution in [3.05, 3.63) is 0 Å². The van der Waals surface area contributed by atoms with E-state index in [-0.39, 0.29) is 9.03 Å². The molecule has 0 aliphatic heterocycles. The molecule has 2 nitrogen and oxygen atoms in total. The van der Waals surface area contributed by atoms with Crippen LogP contribution in [0.5, 0.6) is 0 Å². The van der Waals surface area contributed by atoms with E-state index in [9.17, 15) is 0 Å². The van der Waals surface area contributed by atoms with Gasteiger partial charge in [0.2, 0.25) is 0 Å². The molecular formula is H4BO2P. The van der Waals surface area contributed by atoms with Crippen molar-refractivity contribution in [1.82, 2.24) is 0 Å². The van der Waals surface area contributed by atoms with Crippen LogP contribution in [-0.2, 0) is 4.44 Å². The van der Waals surface area contributed by atoms with Crippen molar-refractivity contribution in [1.29, 1.82) is 0 Å². The lowest BCUT2D eigenvalue weighted by atomic mass is 10.6. The van der Waals surface area contributed by atoms with Gasteiger partial charge in [0, 0.05) is 0 Å². The van der Waals surface area contributed by atoms with Gasteiger partial charge in [-0.15, -0.1) is 0 Å². The number of hydrogen-bond donors (Lipinski definition) is 1. The molecule has 24 valence electrons. The van der Waals surface area contributed by atoms with Crippen LogP contribution < -0.4 is 0 Å². The fourth-order valence-corrected chi connectivity index (χ4v) is 0. The van der Waals surface area contributed by atoms with Crippen LogP contribution in [0.4, 0.5) is 0 Å². The van der Waals surface area contributed by atoms with Crippen LogP contribution in [0, 0.1) is 0 Å². The summed E-state index contributed by atoms with van der Waals surface area (Å²) < 4.78 is 4.12. The predicted octanol–water partition coefficient (Wildman–Crippen LogP) is -0.948. The number of hydrogen-bond acceptors (Lipinski definition) is 2. The van der Waals surface area contributed by atoms with Crippen molar-refractivity contribution in [2.75, 3.05) is 0 Å². The third-order valence-corrected chi connectivity index (χ3v) is 0.274. The molecule has 1 atom stereocenters. The zero-order valence-corrected chi connectivity index (χ0v) is 3.36. The first kappa shape index (κ1) is 4.41. The van der Waals surface area contributed by atoms with Crippen LogP contribution >= 0.6 is 9.03 Å². The molecule has 0 spiro atoms. The molecular weight excluding hydrogens is 73.8 g/mol. The van der Waals surface area contributed by atoms with Gasteiger partial charge >= 0.3 is 0 Å². The van der Waals surface area contributed by atoms with E-state index in [1.165, 1.54) is 8.05 Å². The van der Waals surface area contributed by atoms with Crippen LogP contribution in [0.3, 0.4) is 0 Å². The van der Waals surface area contributed by atoms with Crippen LogP contribution in [0.2, 0.25) is 0 Å². The molecule has 0 aromatic carbocycles. The van der Waals surface area contributed by atoms with Gasteiger partial charge in [0.25, 0.3) is 8.05 Å². The second-order valence-electron chi connectivity index (χ2n) is 0.295. The smallest absolute Gasteiger partial charge is 0.265 e. The van der Waals surface area contributed by atoms with Gasteiger partial charge in [0.15, 0.2) is 0 Å². The molecule has 1 unspecified atom stereocenters. The Morgan fingerprint density at radius 1 is 2.00 bits per heavy atom. The van der Waals surface area contributed by atoms with Gasteiger partial charge < -0.3 is 9.33 Å². The van der Waals surface area contributed by atoms with E-state index in [0.29, 0.717) is 0 Å². The van der Waals surface area contributed by atoms with Crippen molar-refractivity contribution in [2.24, 2.45) is 0 Å². The summed E-state index contributed by atoms with van der Waals surface area (Å²) in [7, 11) is 1.08. The Morgan fingerprint density at radius 2 is 2.25 bits per heavy atom. The summed E-state index contributed by atoms with van der Waals surface area (Å²) in [4.78, 5) is 7.68. The Bertz CT molecular complexity index is 8.00. The van der Waals surface area contributed by atoms with Gasteiger partial charge in [0.1, 0.15) is 9.03 Å². The zero-order valence-electron chi connectivity index (χ0n) is 2.36. The lowest BCUT2D eigenvalue weighted by Gasteiger charge is -1.75. The summed E-state index contributed by atoms with van der Waals surface area (Å²) in [5.41, 5.74) is 0. The van der Waals surface area contributed by atoms with Crippen LogP contribution in [-0.4, -0.2) is 12.9 Å². The van der Waals surface area contributed by atoms with Crippen molar-refractivity contribution in [3.63, 3.8) is 0 Å². The van der Waals surface area contributed by atoms with E-state index in [0.717, 1.165) is 0 Å². The van der Waals surface area contributed by atoms with Crippen LogP contribution in [0.25, 0.3) is 0 Å². The lowest BCUT2D eigenvalue weighted by Crippen LogP contribution is -1.55. The topological polar surface area (TPSA) is 29.5 Å². The second kappa shape index (κ2) is 3.41. The average Bonchev–Trinajstić information content (AvgIpc) is 1.37. The Balaban J connectivity index is 1.97. The van der Waals surface area contributed by atoms with Gasteiger partial charge in [-0.25, -0.2) is 0 Å². The van der Waals surface area contributed by atoms with E-state index in [1.54, 1.807) is 0 Å². The molecule has 0 saturated heterocycles. The highest BCUT2D eigenvalue weighted by Crippen LogP contribution is 1.94. The maximum atomic E-state index is 7.68. The Hall–Kier alpha value is 0.415. The van der Waals surface area contributed by atoms with Crippen molar-refractivity contribution >= 4 is 17.1 Å². The molecule has 1 N–H and O–H groups in total. The Kier molecular flexibility index (Phi) is 3.77. The summed E-state index contributed by atoms with van der Waals surface area (Å²) in [5.74, 6) is 0. The summed E-state index contributed by atoms with van der Waals surface area (Å²) in [6.07, 6.45) is 0. The molecule has 0 fully saturated rings. The fraction of sp³-hybridized carbons (Fsp3) is 0. The highest BCUT2D eigenvalue weighted by molar-refractivity contribution is 7.26. The van der Waals surface area contributed by atoms with Gasteiger partial charge in [-0.1, -0.05) is 0 Å². The van der Waals surface area contributed by atoms with E-state index in [2.05, 4.69) is 4.44 Å². The molecule has 4 heteroatoms. The van der Waals surface area contributed by atoms with Crippen molar-refractivity contribution in [2.45, 2.75) is 0 Å². The molecule has 0 aliphatic rings. The van der Waals surface area contributed by atoms with Gasteiger partial charge in [-0.3, -0.25) is 0 Å². The molecule has 0 bridgehead atoms. The summed E-state index contributed by atoms with van der Waals surface area (Å²) in [6, 6.07) is 0. The van der Waals surface area contributed by atoms with Crippen molar-refractivity contribution in [3.8, 4) is 0 Å². The molecule has 0 rings (SSSR count). The highest BCUT2D eigenvalue weighted by atomic mass is 31.1. The maximum absolute atomic E-state index is 7.68. The largest absolute Gasteiger partial charge is 0.406 e. The fourth-order valence-electron chi connectivity index (χ4n) is 0. The molecule has 0 aromatic heterocycles. The van der Waals surface area contributed by atoms with Crippen LogP contribution in [0.1, 0.15) is 0 Å². The standard InChI is InChI=1S/BH4O2P/c1-3-4-2/h2,4H,1H2. The average molecular weight is 77.8 g/mol. The van der Waals surface area contributed by atoms with Crippen molar-refractivity contribution < 1.29 is 9.33 Å². The first-order valence-electron chi connectivity index (χ1n) is 0.836. The van der Waals surface area contributed by atoms with Gasteiger partial charge in [-0.05, 0) is 0 Å².